The number of ketones is 1. The number of carbonyl (C=O) groups is 2. The first kappa shape index (κ1) is 25.6. The SMILES string of the molecule is O=C(c1ccccc1)c1cc(Cl)ccc1NC(=O)C1CCN(S(=O)(=O)Cc2cccc(Br)c2)CC1. The predicted octanol–water partition coefficient (Wildman–Crippen LogP) is 5.51. The minimum Gasteiger partial charge on any atom is -0.325 e. The molecule has 1 heterocycles. The minimum atomic E-state index is -3.49. The van der Waals surface area contributed by atoms with Gasteiger partial charge < -0.3 is 5.32 Å². The lowest BCUT2D eigenvalue weighted by Crippen LogP contribution is -2.42. The van der Waals surface area contributed by atoms with Crippen LogP contribution in [-0.2, 0) is 20.6 Å². The summed E-state index contributed by atoms with van der Waals surface area (Å²) in [6.07, 6.45) is 0.804. The van der Waals surface area contributed by atoms with Gasteiger partial charge in [0.2, 0.25) is 15.9 Å². The van der Waals surface area contributed by atoms with E-state index < -0.39 is 10.0 Å². The predicted molar refractivity (Wildman–Crippen MR) is 141 cm³/mol. The standard InChI is InChI=1S/C26H24BrClN2O4S/c27-21-8-4-5-18(15-21)17-35(33,34)30-13-11-20(12-14-30)26(32)29-24-10-9-22(28)16-23(24)25(31)19-6-2-1-3-7-19/h1-10,15-16,20H,11-14,17H2,(H,29,32). The molecule has 1 aliphatic heterocycles. The third-order valence-corrected chi connectivity index (χ3v) is 8.55. The molecule has 0 unspecified atom stereocenters. The third kappa shape index (κ3) is 6.38. The summed E-state index contributed by atoms with van der Waals surface area (Å²) in [7, 11) is -3.49. The molecular formula is C26H24BrClN2O4S. The summed E-state index contributed by atoms with van der Waals surface area (Å²) in [6.45, 7) is 0.537. The highest BCUT2D eigenvalue weighted by molar-refractivity contribution is 9.10. The average molecular weight is 576 g/mol. The molecule has 1 N–H and O–H groups in total. The Morgan fingerprint density at radius 1 is 0.971 bits per heavy atom. The summed E-state index contributed by atoms with van der Waals surface area (Å²) in [5, 5.41) is 3.26. The van der Waals surface area contributed by atoms with Crippen molar-refractivity contribution < 1.29 is 18.0 Å². The Kier molecular flexibility index (Phi) is 8.06. The molecule has 1 fully saturated rings. The molecule has 0 saturated carbocycles. The summed E-state index contributed by atoms with van der Waals surface area (Å²) in [4.78, 5) is 26.0. The fraction of sp³-hybridized carbons (Fsp3) is 0.231. The number of rotatable bonds is 7. The van der Waals surface area contributed by atoms with Crippen molar-refractivity contribution in [3.8, 4) is 0 Å². The van der Waals surface area contributed by atoms with E-state index in [2.05, 4.69) is 21.2 Å². The highest BCUT2D eigenvalue weighted by atomic mass is 79.9. The number of piperidine rings is 1. The molecule has 1 aliphatic rings. The maximum Gasteiger partial charge on any atom is 0.227 e. The van der Waals surface area contributed by atoms with Gasteiger partial charge in [0.1, 0.15) is 0 Å². The topological polar surface area (TPSA) is 83.6 Å². The van der Waals surface area contributed by atoms with Crippen LogP contribution in [0, 0.1) is 5.92 Å². The number of nitrogens with one attached hydrogen (secondary N) is 1. The fourth-order valence-corrected chi connectivity index (χ4v) is 6.29. The van der Waals surface area contributed by atoms with E-state index in [0.29, 0.717) is 40.2 Å². The molecule has 4 rings (SSSR count). The summed E-state index contributed by atoms with van der Waals surface area (Å²) < 4.78 is 28.0. The van der Waals surface area contributed by atoms with Gasteiger partial charge in [0.15, 0.2) is 5.78 Å². The van der Waals surface area contributed by atoms with E-state index in [1.54, 1.807) is 60.7 Å². The van der Waals surface area contributed by atoms with E-state index >= 15 is 0 Å². The first-order chi connectivity index (χ1) is 16.7. The van der Waals surface area contributed by atoms with Gasteiger partial charge in [-0.2, -0.15) is 0 Å². The third-order valence-electron chi connectivity index (χ3n) is 5.98. The van der Waals surface area contributed by atoms with Gasteiger partial charge >= 0.3 is 0 Å². The largest absolute Gasteiger partial charge is 0.325 e. The average Bonchev–Trinajstić information content (AvgIpc) is 2.85. The molecule has 0 atom stereocenters. The number of amides is 1. The molecule has 9 heteroatoms. The number of nitrogens with zero attached hydrogens (tertiary/aromatic N) is 1. The zero-order valence-corrected chi connectivity index (χ0v) is 21.9. The van der Waals surface area contributed by atoms with E-state index in [9.17, 15) is 18.0 Å². The molecule has 182 valence electrons. The molecule has 1 amide bonds. The van der Waals surface area contributed by atoms with Crippen LogP contribution in [0.2, 0.25) is 5.02 Å². The first-order valence-corrected chi connectivity index (χ1v) is 13.9. The summed E-state index contributed by atoms with van der Waals surface area (Å²) >= 11 is 9.50. The van der Waals surface area contributed by atoms with Crippen molar-refractivity contribution in [2.45, 2.75) is 18.6 Å². The van der Waals surface area contributed by atoms with Crippen molar-refractivity contribution in [1.82, 2.24) is 4.31 Å². The van der Waals surface area contributed by atoms with E-state index in [4.69, 9.17) is 11.6 Å². The first-order valence-electron chi connectivity index (χ1n) is 11.2. The molecule has 0 aromatic heterocycles. The van der Waals surface area contributed by atoms with Crippen molar-refractivity contribution in [1.29, 1.82) is 0 Å². The lowest BCUT2D eigenvalue weighted by molar-refractivity contribution is -0.120. The number of halogens is 2. The summed E-state index contributed by atoms with van der Waals surface area (Å²) in [6, 6.07) is 20.8. The van der Waals surface area contributed by atoms with Crippen molar-refractivity contribution in [3.05, 3.63) is 99.0 Å². The molecule has 0 radical (unpaired) electrons. The van der Waals surface area contributed by atoms with Crippen molar-refractivity contribution in [3.63, 3.8) is 0 Å². The second kappa shape index (κ2) is 11.0. The van der Waals surface area contributed by atoms with Gasteiger partial charge in [-0.3, -0.25) is 9.59 Å². The Labute approximate surface area is 218 Å². The van der Waals surface area contributed by atoms with Gasteiger partial charge in [-0.15, -0.1) is 0 Å². The van der Waals surface area contributed by atoms with Crippen molar-refractivity contribution in [2.75, 3.05) is 18.4 Å². The second-order valence-corrected chi connectivity index (χ2v) is 11.8. The van der Waals surface area contributed by atoms with Gasteiger partial charge in [0.25, 0.3) is 0 Å². The van der Waals surface area contributed by atoms with Crippen molar-refractivity contribution >= 4 is 54.9 Å². The second-order valence-electron chi connectivity index (χ2n) is 8.43. The molecule has 1 saturated heterocycles. The molecule has 6 nitrogen and oxygen atoms in total. The van der Waals surface area contributed by atoms with Crippen LogP contribution in [0.25, 0.3) is 0 Å². The van der Waals surface area contributed by atoms with Crippen LogP contribution >= 0.6 is 27.5 Å². The van der Waals surface area contributed by atoms with Crippen LogP contribution in [0.5, 0.6) is 0 Å². The van der Waals surface area contributed by atoms with Crippen molar-refractivity contribution in [2.24, 2.45) is 5.92 Å². The Balaban J connectivity index is 1.41. The van der Waals surface area contributed by atoms with E-state index in [1.165, 1.54) is 4.31 Å². The molecule has 0 bridgehead atoms. The monoisotopic (exact) mass is 574 g/mol. The Bertz CT molecular complexity index is 1340. The number of hydrogen-bond acceptors (Lipinski definition) is 4. The molecule has 0 aliphatic carbocycles. The lowest BCUT2D eigenvalue weighted by atomic mass is 9.96. The number of sulfonamides is 1. The number of hydrogen-bond donors (Lipinski definition) is 1. The van der Waals surface area contributed by atoms with E-state index in [0.717, 1.165) is 4.47 Å². The van der Waals surface area contributed by atoms with E-state index in [-0.39, 0.29) is 36.5 Å². The summed E-state index contributed by atoms with van der Waals surface area (Å²) in [5.74, 6) is -0.919. The van der Waals surface area contributed by atoms with Gasteiger partial charge in [-0.1, -0.05) is 70.0 Å². The van der Waals surface area contributed by atoms with Crippen LogP contribution in [0.3, 0.4) is 0 Å². The van der Waals surface area contributed by atoms with E-state index in [1.807, 2.05) is 12.1 Å². The molecule has 3 aromatic carbocycles. The zero-order chi connectivity index (χ0) is 25.0. The van der Waals surface area contributed by atoms with Gasteiger partial charge in [0.05, 0.1) is 11.4 Å². The fourth-order valence-electron chi connectivity index (χ4n) is 4.12. The summed E-state index contributed by atoms with van der Waals surface area (Å²) in [5.41, 5.74) is 1.90. The maximum absolute atomic E-state index is 13.0. The van der Waals surface area contributed by atoms with Crippen LogP contribution < -0.4 is 5.32 Å². The van der Waals surface area contributed by atoms with Crippen LogP contribution in [0.15, 0.2) is 77.3 Å². The number of benzene rings is 3. The van der Waals surface area contributed by atoms with Gasteiger partial charge in [-0.25, -0.2) is 12.7 Å². The van der Waals surface area contributed by atoms with Crippen LogP contribution in [-0.4, -0.2) is 37.5 Å². The molecule has 35 heavy (non-hydrogen) atoms. The van der Waals surface area contributed by atoms with Gasteiger partial charge in [-0.05, 0) is 48.7 Å². The Hall–Kier alpha value is -2.52. The number of carbonyl (C=O) groups excluding carboxylic acids is 2. The molecular weight excluding hydrogens is 552 g/mol. The molecule has 0 spiro atoms. The van der Waals surface area contributed by atoms with Crippen LogP contribution in [0.4, 0.5) is 5.69 Å². The quantitative estimate of drug-likeness (QED) is 0.377. The normalized spacial score (nSPS) is 15.0. The highest BCUT2D eigenvalue weighted by Gasteiger charge is 2.31. The Morgan fingerprint density at radius 2 is 1.69 bits per heavy atom. The Morgan fingerprint density at radius 3 is 2.37 bits per heavy atom. The minimum absolute atomic E-state index is 0.0843. The molecule has 3 aromatic rings. The van der Waals surface area contributed by atoms with Gasteiger partial charge in [0, 0.05) is 39.6 Å². The smallest absolute Gasteiger partial charge is 0.227 e. The van der Waals surface area contributed by atoms with Crippen LogP contribution in [0.1, 0.15) is 34.3 Å². The highest BCUT2D eigenvalue weighted by Crippen LogP contribution is 2.27. The zero-order valence-electron chi connectivity index (χ0n) is 18.8. The number of anilines is 1. The lowest BCUT2D eigenvalue weighted by Gasteiger charge is -2.30. The maximum atomic E-state index is 13.0.